The van der Waals surface area contributed by atoms with Crippen molar-refractivity contribution >= 4 is 27.3 Å². The molecule has 0 atom stereocenters. The van der Waals surface area contributed by atoms with E-state index in [9.17, 15) is 0 Å². The third kappa shape index (κ3) is 1.87. The highest BCUT2D eigenvalue weighted by Crippen LogP contribution is 2.50. The van der Waals surface area contributed by atoms with Crippen molar-refractivity contribution in [1.82, 2.24) is 9.38 Å². The Kier molecular flexibility index (Phi) is 2.77. The molecule has 0 bridgehead atoms. The summed E-state index contributed by atoms with van der Waals surface area (Å²) in [5.41, 5.74) is 13.8. The third-order valence-electron chi connectivity index (χ3n) is 7.34. The lowest BCUT2D eigenvalue weighted by Crippen LogP contribution is -1.93. The molecule has 0 unspecified atom stereocenters. The van der Waals surface area contributed by atoms with Gasteiger partial charge < -0.3 is 0 Å². The maximum Gasteiger partial charge on any atom is 0.145 e. The number of benzene rings is 4. The van der Waals surface area contributed by atoms with Crippen molar-refractivity contribution in [1.29, 1.82) is 0 Å². The van der Waals surface area contributed by atoms with Gasteiger partial charge in [-0.05, 0) is 74.9 Å². The summed E-state index contributed by atoms with van der Waals surface area (Å²) in [6.45, 7) is 0. The van der Waals surface area contributed by atoms with Gasteiger partial charge in [0.1, 0.15) is 5.65 Å². The highest BCUT2D eigenvalue weighted by Gasteiger charge is 2.29. The van der Waals surface area contributed by atoms with Crippen molar-refractivity contribution in [2.45, 2.75) is 12.8 Å². The number of para-hydroxylation sites is 1. The number of hydrogen-bond donors (Lipinski definition) is 0. The molecule has 2 aliphatic rings. The average Bonchev–Trinajstić information content (AvgIpc) is 3.53. The minimum absolute atomic E-state index is 0.993. The second kappa shape index (κ2) is 5.41. The summed E-state index contributed by atoms with van der Waals surface area (Å²) in [4.78, 5) is 4.72. The molecule has 6 aromatic rings. The lowest BCUT2D eigenvalue weighted by atomic mass is 9.93. The molecular formula is C29H18N2. The Hall–Kier alpha value is -3.91. The number of nitrogens with zero attached hydrogens (tertiary/aromatic N) is 2. The normalized spacial score (nSPS) is 13.5. The monoisotopic (exact) mass is 394 g/mol. The van der Waals surface area contributed by atoms with E-state index in [2.05, 4.69) is 83.4 Å². The first-order valence-electron chi connectivity index (χ1n) is 10.9. The Labute approximate surface area is 179 Å². The van der Waals surface area contributed by atoms with Crippen LogP contribution >= 0.6 is 0 Å². The van der Waals surface area contributed by atoms with E-state index in [1.54, 1.807) is 0 Å². The van der Waals surface area contributed by atoms with Crippen LogP contribution in [-0.2, 0) is 12.8 Å². The molecular weight excluding hydrogens is 376 g/mol. The van der Waals surface area contributed by atoms with E-state index in [4.69, 9.17) is 4.98 Å². The Morgan fingerprint density at radius 2 is 1.48 bits per heavy atom. The molecule has 8 rings (SSSR count). The molecule has 0 fully saturated rings. The predicted molar refractivity (Wildman–Crippen MR) is 127 cm³/mol. The molecule has 0 radical (unpaired) electrons. The van der Waals surface area contributed by atoms with Gasteiger partial charge in [-0.1, -0.05) is 60.7 Å². The van der Waals surface area contributed by atoms with E-state index in [1.165, 1.54) is 66.2 Å². The zero-order valence-corrected chi connectivity index (χ0v) is 16.9. The van der Waals surface area contributed by atoms with Crippen LogP contribution in [0.5, 0.6) is 0 Å². The molecule has 0 spiro atoms. The van der Waals surface area contributed by atoms with Crippen LogP contribution in [-0.4, -0.2) is 9.38 Å². The minimum atomic E-state index is 0.993. The van der Waals surface area contributed by atoms with Gasteiger partial charge in [0.2, 0.25) is 0 Å². The summed E-state index contributed by atoms with van der Waals surface area (Å²) in [6.07, 6.45) is 6.01. The van der Waals surface area contributed by atoms with E-state index in [1.807, 2.05) is 6.20 Å². The molecule has 0 N–H and O–H groups in total. The summed E-state index contributed by atoms with van der Waals surface area (Å²) in [5.74, 6) is 0. The Morgan fingerprint density at radius 1 is 0.645 bits per heavy atom. The van der Waals surface area contributed by atoms with Crippen molar-refractivity contribution in [3.63, 3.8) is 0 Å². The molecule has 4 aromatic carbocycles. The second-order valence-corrected chi connectivity index (χ2v) is 8.79. The van der Waals surface area contributed by atoms with Gasteiger partial charge in [0.05, 0.1) is 5.52 Å². The van der Waals surface area contributed by atoms with Gasteiger partial charge in [-0.15, -0.1) is 0 Å². The smallest absolute Gasteiger partial charge is 0.145 e. The molecule has 0 aliphatic heterocycles. The van der Waals surface area contributed by atoms with Gasteiger partial charge in [-0.2, -0.15) is 0 Å². The van der Waals surface area contributed by atoms with Crippen LogP contribution in [0.3, 0.4) is 0 Å². The fourth-order valence-electron chi connectivity index (χ4n) is 6.09. The van der Waals surface area contributed by atoms with Crippen molar-refractivity contribution in [2.75, 3.05) is 0 Å². The van der Waals surface area contributed by atoms with Crippen LogP contribution in [0.4, 0.5) is 0 Å². The first-order chi connectivity index (χ1) is 15.4. The van der Waals surface area contributed by atoms with Crippen molar-refractivity contribution in [2.24, 2.45) is 0 Å². The highest BCUT2D eigenvalue weighted by atomic mass is 15.0. The summed E-state index contributed by atoms with van der Waals surface area (Å²) in [6, 6.07) is 27.0. The zero-order chi connectivity index (χ0) is 20.1. The number of aromatic nitrogens is 2. The van der Waals surface area contributed by atoms with E-state index < -0.39 is 0 Å². The van der Waals surface area contributed by atoms with Crippen LogP contribution < -0.4 is 0 Å². The lowest BCUT2D eigenvalue weighted by molar-refractivity contribution is 1.24. The van der Waals surface area contributed by atoms with Crippen LogP contribution in [0.15, 0.2) is 85.2 Å². The summed E-state index contributed by atoms with van der Waals surface area (Å²) < 4.78 is 2.22. The molecule has 144 valence electrons. The van der Waals surface area contributed by atoms with Gasteiger partial charge in [0, 0.05) is 23.2 Å². The number of hydrogen-bond acceptors (Lipinski definition) is 1. The van der Waals surface area contributed by atoms with Gasteiger partial charge in [0.15, 0.2) is 0 Å². The lowest BCUT2D eigenvalue weighted by Gasteiger charge is -2.13. The van der Waals surface area contributed by atoms with Crippen molar-refractivity contribution in [3.05, 3.63) is 107 Å². The largest absolute Gasteiger partial charge is 0.299 e. The SMILES string of the molecule is c1ccc2c(c1)Cc1c-2ccc2c1-c1ccc3c(c1C2)c1ccccc1n1ccnc31. The van der Waals surface area contributed by atoms with E-state index in [0.29, 0.717) is 0 Å². The second-order valence-electron chi connectivity index (χ2n) is 8.79. The third-order valence-corrected chi connectivity index (χ3v) is 7.34. The zero-order valence-electron chi connectivity index (χ0n) is 16.9. The van der Waals surface area contributed by atoms with Crippen LogP contribution in [0, 0.1) is 0 Å². The van der Waals surface area contributed by atoms with Gasteiger partial charge in [0.25, 0.3) is 0 Å². The predicted octanol–water partition coefficient (Wildman–Crippen LogP) is 6.78. The number of imidazole rings is 1. The summed E-state index contributed by atoms with van der Waals surface area (Å²) >= 11 is 0. The Morgan fingerprint density at radius 3 is 2.48 bits per heavy atom. The van der Waals surface area contributed by atoms with Crippen LogP contribution in [0.2, 0.25) is 0 Å². The fourth-order valence-corrected chi connectivity index (χ4v) is 6.09. The quantitative estimate of drug-likeness (QED) is 0.259. The molecule has 0 amide bonds. The van der Waals surface area contributed by atoms with E-state index >= 15 is 0 Å². The van der Waals surface area contributed by atoms with Gasteiger partial charge in [-0.25, -0.2) is 4.98 Å². The summed E-state index contributed by atoms with van der Waals surface area (Å²) in [7, 11) is 0. The van der Waals surface area contributed by atoms with E-state index in [0.717, 1.165) is 18.5 Å². The molecule has 31 heavy (non-hydrogen) atoms. The maximum atomic E-state index is 4.72. The molecule has 2 aliphatic carbocycles. The average molecular weight is 394 g/mol. The van der Waals surface area contributed by atoms with Crippen molar-refractivity contribution in [3.8, 4) is 22.3 Å². The first kappa shape index (κ1) is 15.9. The summed E-state index contributed by atoms with van der Waals surface area (Å²) in [5, 5.41) is 3.93. The van der Waals surface area contributed by atoms with Gasteiger partial charge >= 0.3 is 0 Å². The number of pyridine rings is 1. The van der Waals surface area contributed by atoms with Crippen LogP contribution in [0.1, 0.15) is 22.3 Å². The van der Waals surface area contributed by atoms with Crippen LogP contribution in [0.25, 0.3) is 49.6 Å². The van der Waals surface area contributed by atoms with E-state index in [-0.39, 0.29) is 0 Å². The molecule has 2 heteroatoms. The fraction of sp³-hybridized carbons (Fsp3) is 0.0690. The molecule has 0 saturated carbocycles. The first-order valence-corrected chi connectivity index (χ1v) is 10.9. The number of fused-ring (bicyclic) bond motifs is 14. The maximum absolute atomic E-state index is 4.72. The highest BCUT2D eigenvalue weighted by molar-refractivity contribution is 6.16. The Balaban J connectivity index is 1.50. The standard InChI is InChI=1S/C29H18N2/c1-2-6-19-17(5-1)15-24-20(19)10-9-18-16-25-21(27(18)24)11-12-23-28(25)22-7-3-4-8-26(22)31-14-13-30-29(23)31/h1-14H,15-16H2. The van der Waals surface area contributed by atoms with Gasteiger partial charge in [-0.3, -0.25) is 4.40 Å². The van der Waals surface area contributed by atoms with Crippen molar-refractivity contribution < 1.29 is 0 Å². The molecule has 2 nitrogen and oxygen atoms in total. The molecule has 0 saturated heterocycles. The number of rotatable bonds is 0. The topological polar surface area (TPSA) is 17.3 Å². The molecule has 2 heterocycles. The molecule has 2 aromatic heterocycles. The minimum Gasteiger partial charge on any atom is -0.299 e. The Bertz CT molecular complexity index is 1740.